The number of nitrogens with two attached hydrogens (primary N) is 1. The standard InChI is InChI=1S/C17H17FN4O2S/c18-13-4-1-3-12(9-13)17(19)6-8-22(11-17)25(23,24)15-10-21-16-14(15)5-2-7-20-16/h1-5,7,9-10H,6,8,11,19H2,(H,20,21). The molecule has 0 saturated carbocycles. The number of sulfonamides is 1. The van der Waals surface area contributed by atoms with Crippen molar-refractivity contribution >= 4 is 21.1 Å². The van der Waals surface area contributed by atoms with Crippen molar-refractivity contribution in [2.75, 3.05) is 13.1 Å². The van der Waals surface area contributed by atoms with Gasteiger partial charge in [-0.1, -0.05) is 12.1 Å². The molecule has 1 saturated heterocycles. The molecule has 1 aliphatic rings. The maximum atomic E-state index is 13.5. The Labute approximate surface area is 144 Å². The number of rotatable bonds is 3. The van der Waals surface area contributed by atoms with E-state index in [2.05, 4.69) is 9.97 Å². The molecule has 0 spiro atoms. The average Bonchev–Trinajstić information content (AvgIpc) is 3.20. The first-order valence-corrected chi connectivity index (χ1v) is 9.31. The van der Waals surface area contributed by atoms with E-state index in [9.17, 15) is 12.8 Å². The quantitative estimate of drug-likeness (QED) is 0.747. The summed E-state index contributed by atoms with van der Waals surface area (Å²) >= 11 is 0. The van der Waals surface area contributed by atoms with Gasteiger partial charge in [0, 0.05) is 30.9 Å². The topological polar surface area (TPSA) is 92.1 Å². The van der Waals surface area contributed by atoms with E-state index in [4.69, 9.17) is 5.73 Å². The predicted octanol–water partition coefficient (Wildman–Crippen LogP) is 1.95. The lowest BCUT2D eigenvalue weighted by atomic mass is 9.90. The third-order valence-electron chi connectivity index (χ3n) is 4.70. The Kier molecular flexibility index (Phi) is 3.64. The van der Waals surface area contributed by atoms with Gasteiger partial charge < -0.3 is 10.7 Å². The highest BCUT2D eigenvalue weighted by molar-refractivity contribution is 7.89. The van der Waals surface area contributed by atoms with Gasteiger partial charge in [0.05, 0.1) is 5.54 Å². The molecule has 3 aromatic rings. The zero-order valence-electron chi connectivity index (χ0n) is 13.3. The smallest absolute Gasteiger partial charge is 0.245 e. The van der Waals surface area contributed by atoms with Crippen LogP contribution in [-0.2, 0) is 15.6 Å². The summed E-state index contributed by atoms with van der Waals surface area (Å²) in [5.74, 6) is -0.383. The van der Waals surface area contributed by atoms with Gasteiger partial charge in [0.25, 0.3) is 0 Å². The van der Waals surface area contributed by atoms with E-state index >= 15 is 0 Å². The summed E-state index contributed by atoms with van der Waals surface area (Å²) in [5.41, 5.74) is 6.63. The van der Waals surface area contributed by atoms with Gasteiger partial charge in [-0.3, -0.25) is 0 Å². The Morgan fingerprint density at radius 1 is 1.28 bits per heavy atom. The molecule has 6 nitrogen and oxygen atoms in total. The van der Waals surface area contributed by atoms with E-state index in [1.54, 1.807) is 30.5 Å². The summed E-state index contributed by atoms with van der Waals surface area (Å²) in [4.78, 5) is 7.18. The van der Waals surface area contributed by atoms with Crippen molar-refractivity contribution in [1.29, 1.82) is 0 Å². The number of nitrogens with zero attached hydrogens (tertiary/aromatic N) is 2. The van der Waals surface area contributed by atoms with Crippen LogP contribution >= 0.6 is 0 Å². The lowest BCUT2D eigenvalue weighted by Gasteiger charge is -2.25. The number of nitrogens with one attached hydrogen (secondary N) is 1. The molecule has 1 aromatic carbocycles. The zero-order chi connectivity index (χ0) is 17.7. The minimum Gasteiger partial charge on any atom is -0.345 e. The number of aromatic nitrogens is 2. The minimum absolute atomic E-state index is 0.103. The van der Waals surface area contributed by atoms with E-state index in [-0.39, 0.29) is 23.8 Å². The maximum Gasteiger partial charge on any atom is 0.245 e. The first-order chi connectivity index (χ1) is 11.9. The lowest BCUT2D eigenvalue weighted by molar-refractivity contribution is 0.426. The number of aromatic amines is 1. The molecule has 1 atom stereocenters. The van der Waals surface area contributed by atoms with Crippen LogP contribution in [0.2, 0.25) is 0 Å². The largest absolute Gasteiger partial charge is 0.345 e. The molecule has 0 aliphatic carbocycles. The van der Waals surface area contributed by atoms with E-state index in [1.165, 1.54) is 22.6 Å². The molecule has 1 aliphatic heterocycles. The van der Waals surface area contributed by atoms with E-state index in [0.29, 0.717) is 23.0 Å². The molecule has 0 amide bonds. The van der Waals surface area contributed by atoms with Gasteiger partial charge in [-0.05, 0) is 36.2 Å². The second-order valence-electron chi connectivity index (χ2n) is 6.31. The van der Waals surface area contributed by atoms with Crippen LogP contribution in [0.15, 0.2) is 53.7 Å². The van der Waals surface area contributed by atoms with Crippen LogP contribution in [0.4, 0.5) is 4.39 Å². The van der Waals surface area contributed by atoms with Crippen molar-refractivity contribution in [1.82, 2.24) is 14.3 Å². The van der Waals surface area contributed by atoms with Gasteiger partial charge in [-0.25, -0.2) is 17.8 Å². The first-order valence-electron chi connectivity index (χ1n) is 7.87. The second kappa shape index (κ2) is 5.62. The van der Waals surface area contributed by atoms with Gasteiger partial charge in [-0.2, -0.15) is 4.31 Å². The van der Waals surface area contributed by atoms with Gasteiger partial charge in [0.1, 0.15) is 16.4 Å². The highest BCUT2D eigenvalue weighted by Gasteiger charge is 2.42. The molecular weight excluding hydrogens is 343 g/mol. The van der Waals surface area contributed by atoms with Gasteiger partial charge in [0.2, 0.25) is 10.0 Å². The van der Waals surface area contributed by atoms with Crippen LogP contribution in [0, 0.1) is 5.82 Å². The molecule has 25 heavy (non-hydrogen) atoms. The normalized spacial score (nSPS) is 21.8. The summed E-state index contributed by atoms with van der Waals surface area (Å²) in [6.07, 6.45) is 3.47. The summed E-state index contributed by atoms with van der Waals surface area (Å²) < 4.78 is 41.0. The van der Waals surface area contributed by atoms with Crippen LogP contribution in [0.3, 0.4) is 0 Å². The Balaban J connectivity index is 1.69. The molecule has 130 valence electrons. The fourth-order valence-electron chi connectivity index (χ4n) is 3.32. The molecule has 3 N–H and O–H groups in total. The first kappa shape index (κ1) is 16.2. The number of hydrogen-bond acceptors (Lipinski definition) is 4. The van der Waals surface area contributed by atoms with Crippen molar-refractivity contribution in [2.24, 2.45) is 5.73 Å². The predicted molar refractivity (Wildman–Crippen MR) is 91.7 cm³/mol. The molecule has 1 fully saturated rings. The third kappa shape index (κ3) is 2.62. The molecule has 4 rings (SSSR count). The molecule has 2 aromatic heterocycles. The van der Waals surface area contributed by atoms with Gasteiger partial charge in [0.15, 0.2) is 0 Å². The third-order valence-corrected chi connectivity index (χ3v) is 6.58. The Hall–Kier alpha value is -2.29. The zero-order valence-corrected chi connectivity index (χ0v) is 14.1. The maximum absolute atomic E-state index is 13.5. The van der Waals surface area contributed by atoms with E-state index < -0.39 is 15.6 Å². The van der Waals surface area contributed by atoms with Crippen LogP contribution in [0.25, 0.3) is 11.0 Å². The Bertz CT molecular complexity index is 1050. The van der Waals surface area contributed by atoms with Crippen molar-refractivity contribution in [3.05, 3.63) is 60.2 Å². The molecule has 0 radical (unpaired) electrons. The summed E-state index contributed by atoms with van der Waals surface area (Å²) in [7, 11) is -3.72. The lowest BCUT2D eigenvalue weighted by Crippen LogP contribution is -2.41. The molecule has 0 bridgehead atoms. The molecule has 3 heterocycles. The van der Waals surface area contributed by atoms with Crippen molar-refractivity contribution in [3.8, 4) is 0 Å². The van der Waals surface area contributed by atoms with E-state index in [0.717, 1.165) is 0 Å². The second-order valence-corrected chi connectivity index (χ2v) is 8.21. The van der Waals surface area contributed by atoms with Gasteiger partial charge in [-0.15, -0.1) is 0 Å². The van der Waals surface area contributed by atoms with Gasteiger partial charge >= 0.3 is 0 Å². The molecule has 8 heteroatoms. The number of halogens is 1. The monoisotopic (exact) mass is 360 g/mol. The SMILES string of the molecule is NC1(c2cccc(F)c2)CCN(S(=O)(=O)c2c[nH]c3ncccc23)C1. The highest BCUT2D eigenvalue weighted by atomic mass is 32.2. The number of fused-ring (bicyclic) bond motifs is 1. The number of H-pyrrole nitrogens is 1. The number of pyridine rings is 1. The average molecular weight is 360 g/mol. The molecular formula is C17H17FN4O2S. The van der Waals surface area contributed by atoms with Crippen molar-refractivity contribution in [3.63, 3.8) is 0 Å². The molecule has 1 unspecified atom stereocenters. The fraction of sp³-hybridized carbons (Fsp3) is 0.235. The minimum atomic E-state index is -3.72. The Morgan fingerprint density at radius 2 is 2.12 bits per heavy atom. The van der Waals surface area contributed by atoms with Crippen LogP contribution < -0.4 is 5.73 Å². The van der Waals surface area contributed by atoms with E-state index in [1.807, 2.05) is 0 Å². The summed E-state index contributed by atoms with van der Waals surface area (Å²) in [5, 5.41) is 0.544. The Morgan fingerprint density at radius 3 is 2.92 bits per heavy atom. The van der Waals surface area contributed by atoms with Crippen molar-refractivity contribution in [2.45, 2.75) is 16.9 Å². The van der Waals surface area contributed by atoms with Crippen LogP contribution in [-0.4, -0.2) is 35.8 Å². The number of hydrogen-bond donors (Lipinski definition) is 2. The number of benzene rings is 1. The van der Waals surface area contributed by atoms with Crippen LogP contribution in [0.1, 0.15) is 12.0 Å². The highest BCUT2D eigenvalue weighted by Crippen LogP contribution is 2.34. The van der Waals surface area contributed by atoms with Crippen LogP contribution in [0.5, 0.6) is 0 Å². The summed E-state index contributed by atoms with van der Waals surface area (Å²) in [6.45, 7) is 0.383. The van der Waals surface area contributed by atoms with Crippen molar-refractivity contribution < 1.29 is 12.8 Å². The fourth-order valence-corrected chi connectivity index (χ4v) is 4.98. The summed E-state index contributed by atoms with van der Waals surface area (Å²) in [6, 6.07) is 9.43.